The lowest BCUT2D eigenvalue weighted by molar-refractivity contribution is -0.385. The van der Waals surface area contributed by atoms with Crippen molar-refractivity contribution in [2.75, 3.05) is 19.6 Å². The van der Waals surface area contributed by atoms with Crippen LogP contribution in [0.15, 0.2) is 30.9 Å². The number of nitro benzene ring substituents is 1. The summed E-state index contributed by atoms with van der Waals surface area (Å²) in [6.45, 7) is 0.582. The molecule has 1 aromatic rings. The lowest BCUT2D eigenvalue weighted by Gasteiger charge is -2.22. The molecule has 0 unspecified atom stereocenters. The number of benzene rings is 1. The molecule has 0 aromatic heterocycles. The van der Waals surface area contributed by atoms with Crippen LogP contribution in [0.5, 0.6) is 0 Å². The summed E-state index contributed by atoms with van der Waals surface area (Å²) >= 11 is 5.76. The Bertz CT molecular complexity index is 694. The fourth-order valence-corrected chi connectivity index (χ4v) is 2.13. The van der Waals surface area contributed by atoms with Crippen molar-refractivity contribution in [1.29, 1.82) is 0 Å². The number of carbonyl (C=O) groups excluding carboxylic acids is 2. The lowest BCUT2D eigenvalue weighted by Crippen LogP contribution is -2.44. The van der Waals surface area contributed by atoms with E-state index < -0.39 is 47.3 Å². The predicted octanol–water partition coefficient (Wildman–Crippen LogP) is 2.55. The molecule has 0 spiro atoms. The van der Waals surface area contributed by atoms with Gasteiger partial charge < -0.3 is 10.2 Å². The SMILES string of the molecule is C=CCN(CC(F)(F)F)C(=O)CNC(=O)c1c(Cl)cccc1[N+](=O)[O-]. The van der Waals surface area contributed by atoms with Gasteiger partial charge in [0.25, 0.3) is 11.6 Å². The van der Waals surface area contributed by atoms with Crippen LogP contribution in [0, 0.1) is 10.1 Å². The van der Waals surface area contributed by atoms with Crippen LogP contribution < -0.4 is 5.32 Å². The Labute approximate surface area is 145 Å². The second-order valence-corrected chi connectivity index (χ2v) is 5.16. The van der Waals surface area contributed by atoms with Crippen molar-refractivity contribution < 1.29 is 27.7 Å². The van der Waals surface area contributed by atoms with E-state index in [1.165, 1.54) is 12.1 Å². The van der Waals surface area contributed by atoms with Gasteiger partial charge in [0.2, 0.25) is 5.91 Å². The van der Waals surface area contributed by atoms with Crippen molar-refractivity contribution in [3.05, 3.63) is 51.6 Å². The molecule has 2 amide bonds. The third kappa shape index (κ3) is 6.07. The first-order valence-electron chi connectivity index (χ1n) is 6.73. The summed E-state index contributed by atoms with van der Waals surface area (Å²) in [4.78, 5) is 34.4. The zero-order valence-electron chi connectivity index (χ0n) is 12.7. The highest BCUT2D eigenvalue weighted by molar-refractivity contribution is 6.34. The first-order valence-corrected chi connectivity index (χ1v) is 7.11. The Morgan fingerprint density at radius 2 is 2.04 bits per heavy atom. The molecule has 0 atom stereocenters. The normalized spacial score (nSPS) is 10.9. The van der Waals surface area contributed by atoms with Gasteiger partial charge >= 0.3 is 6.18 Å². The summed E-state index contributed by atoms with van der Waals surface area (Å²) in [5.74, 6) is -2.07. The van der Waals surface area contributed by atoms with Crippen LogP contribution in [-0.4, -0.2) is 47.4 Å². The average molecular weight is 380 g/mol. The van der Waals surface area contributed by atoms with Crippen molar-refractivity contribution in [2.24, 2.45) is 0 Å². The molecule has 0 saturated heterocycles. The number of nitro groups is 1. The van der Waals surface area contributed by atoms with Gasteiger partial charge in [0.15, 0.2) is 0 Å². The summed E-state index contributed by atoms with van der Waals surface area (Å²) in [6, 6.07) is 3.53. The van der Waals surface area contributed by atoms with Crippen LogP contribution in [0.25, 0.3) is 0 Å². The summed E-state index contributed by atoms with van der Waals surface area (Å²) in [5, 5.41) is 12.7. The number of alkyl halides is 3. The minimum atomic E-state index is -4.62. The van der Waals surface area contributed by atoms with Gasteiger partial charge in [0.05, 0.1) is 16.5 Å². The smallest absolute Gasteiger partial charge is 0.343 e. The molecule has 11 heteroatoms. The number of rotatable bonds is 7. The molecule has 0 fully saturated rings. The zero-order valence-corrected chi connectivity index (χ0v) is 13.4. The standard InChI is InChI=1S/C14H13ClF3N3O4/c1-2-6-20(8-14(16,17)18)11(22)7-19-13(23)12-9(15)4-3-5-10(12)21(24)25/h2-5H,1,6-8H2,(H,19,23). The van der Waals surface area contributed by atoms with Crippen LogP contribution in [0.1, 0.15) is 10.4 Å². The van der Waals surface area contributed by atoms with E-state index in [9.17, 15) is 32.9 Å². The molecule has 0 aliphatic rings. The summed E-state index contributed by atoms with van der Waals surface area (Å²) in [5.41, 5.74) is -1.07. The van der Waals surface area contributed by atoms with Crippen LogP contribution >= 0.6 is 11.6 Å². The molecule has 0 saturated carbocycles. The third-order valence-electron chi connectivity index (χ3n) is 2.89. The highest BCUT2D eigenvalue weighted by atomic mass is 35.5. The quantitative estimate of drug-likeness (QED) is 0.447. The Kier molecular flexibility index (Phi) is 6.92. The molecule has 7 nitrogen and oxygen atoms in total. The van der Waals surface area contributed by atoms with Crippen molar-refractivity contribution in [2.45, 2.75) is 6.18 Å². The molecule has 0 aliphatic carbocycles. The minimum absolute atomic E-state index is 0.225. The Hall–Kier alpha value is -2.62. The van der Waals surface area contributed by atoms with Crippen molar-refractivity contribution in [3.63, 3.8) is 0 Å². The number of nitrogens with zero attached hydrogens (tertiary/aromatic N) is 2. The van der Waals surface area contributed by atoms with Crippen LogP contribution in [0.4, 0.5) is 18.9 Å². The molecule has 0 heterocycles. The molecule has 1 aromatic carbocycles. The maximum atomic E-state index is 12.4. The zero-order chi connectivity index (χ0) is 19.2. The first kappa shape index (κ1) is 20.4. The Morgan fingerprint density at radius 3 is 2.56 bits per heavy atom. The number of nitrogens with one attached hydrogen (secondary N) is 1. The lowest BCUT2D eigenvalue weighted by atomic mass is 10.1. The molecule has 25 heavy (non-hydrogen) atoms. The number of amides is 2. The van der Waals surface area contributed by atoms with E-state index in [1.54, 1.807) is 0 Å². The van der Waals surface area contributed by atoms with Gasteiger partial charge in [-0.1, -0.05) is 23.7 Å². The monoisotopic (exact) mass is 379 g/mol. The molecular weight excluding hydrogens is 367 g/mol. The topological polar surface area (TPSA) is 92.6 Å². The van der Waals surface area contributed by atoms with E-state index in [0.717, 1.165) is 12.1 Å². The molecular formula is C14H13ClF3N3O4. The second kappa shape index (κ2) is 8.47. The Morgan fingerprint density at radius 1 is 1.40 bits per heavy atom. The van der Waals surface area contributed by atoms with Gasteiger partial charge in [0.1, 0.15) is 12.1 Å². The van der Waals surface area contributed by atoms with Crippen LogP contribution in [0.3, 0.4) is 0 Å². The van der Waals surface area contributed by atoms with Crippen LogP contribution in [-0.2, 0) is 4.79 Å². The molecule has 1 N–H and O–H groups in total. The Balaban J connectivity index is 2.86. The van der Waals surface area contributed by atoms with Gasteiger partial charge in [0, 0.05) is 12.6 Å². The van der Waals surface area contributed by atoms with E-state index in [-0.39, 0.29) is 11.6 Å². The van der Waals surface area contributed by atoms with Crippen LogP contribution in [0.2, 0.25) is 5.02 Å². The van der Waals surface area contributed by atoms with Crippen molar-refractivity contribution in [1.82, 2.24) is 10.2 Å². The maximum Gasteiger partial charge on any atom is 0.406 e. The predicted molar refractivity (Wildman–Crippen MR) is 83.3 cm³/mol. The first-order chi connectivity index (χ1) is 11.6. The number of halogens is 4. The summed E-state index contributed by atoms with van der Waals surface area (Å²) in [6.07, 6.45) is -3.52. The van der Waals surface area contributed by atoms with Gasteiger partial charge in [-0.3, -0.25) is 19.7 Å². The molecule has 0 radical (unpaired) electrons. The van der Waals surface area contributed by atoms with Gasteiger partial charge in [-0.25, -0.2) is 0 Å². The number of hydrogen-bond donors (Lipinski definition) is 1. The highest BCUT2D eigenvalue weighted by Crippen LogP contribution is 2.26. The number of carbonyl (C=O) groups is 2. The van der Waals surface area contributed by atoms with E-state index in [2.05, 4.69) is 6.58 Å². The van der Waals surface area contributed by atoms with Gasteiger partial charge in [-0.2, -0.15) is 13.2 Å². The fourth-order valence-electron chi connectivity index (χ4n) is 1.87. The van der Waals surface area contributed by atoms with E-state index in [4.69, 9.17) is 11.6 Å². The highest BCUT2D eigenvalue weighted by Gasteiger charge is 2.32. The van der Waals surface area contributed by atoms with E-state index in [0.29, 0.717) is 4.90 Å². The average Bonchev–Trinajstić information content (AvgIpc) is 2.50. The molecule has 0 bridgehead atoms. The molecule has 0 aliphatic heterocycles. The second-order valence-electron chi connectivity index (χ2n) is 4.75. The van der Waals surface area contributed by atoms with E-state index in [1.807, 2.05) is 5.32 Å². The molecule has 1 rings (SSSR count). The van der Waals surface area contributed by atoms with Gasteiger partial charge in [-0.15, -0.1) is 6.58 Å². The van der Waals surface area contributed by atoms with Crippen molar-refractivity contribution in [3.8, 4) is 0 Å². The fraction of sp³-hybridized carbons (Fsp3) is 0.286. The number of hydrogen-bond acceptors (Lipinski definition) is 4. The third-order valence-corrected chi connectivity index (χ3v) is 3.20. The van der Waals surface area contributed by atoms with Crippen molar-refractivity contribution >= 4 is 29.1 Å². The summed E-state index contributed by atoms with van der Waals surface area (Å²) in [7, 11) is 0. The minimum Gasteiger partial charge on any atom is -0.343 e. The van der Waals surface area contributed by atoms with Gasteiger partial charge in [-0.05, 0) is 6.07 Å². The maximum absolute atomic E-state index is 12.4. The molecule has 136 valence electrons. The van der Waals surface area contributed by atoms with E-state index >= 15 is 0 Å². The largest absolute Gasteiger partial charge is 0.406 e. The summed E-state index contributed by atoms with van der Waals surface area (Å²) < 4.78 is 37.3.